The Kier molecular flexibility index (Phi) is 4.78. The summed E-state index contributed by atoms with van der Waals surface area (Å²) >= 11 is 0. The van der Waals surface area contributed by atoms with Crippen molar-refractivity contribution in [3.05, 3.63) is 83.2 Å². The van der Waals surface area contributed by atoms with Crippen LogP contribution in [-0.2, 0) is 12.8 Å². The summed E-state index contributed by atoms with van der Waals surface area (Å²) in [5.74, 6) is -0.486. The number of amides is 1. The van der Waals surface area contributed by atoms with E-state index in [9.17, 15) is 4.79 Å². The van der Waals surface area contributed by atoms with Crippen LogP contribution in [0.4, 0.5) is 5.69 Å². The molecular formula is C21H21N5O. The first-order valence-electron chi connectivity index (χ1n) is 9.08. The Balaban J connectivity index is 1.65. The lowest BCUT2D eigenvalue weighted by Crippen LogP contribution is -2.21. The van der Waals surface area contributed by atoms with E-state index in [-0.39, 0.29) is 6.04 Å². The van der Waals surface area contributed by atoms with Crippen molar-refractivity contribution in [3.8, 4) is 0 Å². The molecule has 1 aromatic carbocycles. The molecule has 1 amide bonds. The van der Waals surface area contributed by atoms with Crippen molar-refractivity contribution in [2.75, 3.05) is 5.32 Å². The molecule has 136 valence electrons. The molecule has 0 fully saturated rings. The van der Waals surface area contributed by atoms with E-state index < -0.39 is 5.91 Å². The van der Waals surface area contributed by atoms with Gasteiger partial charge in [-0.05, 0) is 36.5 Å². The van der Waals surface area contributed by atoms with Crippen LogP contribution in [0.1, 0.15) is 51.8 Å². The summed E-state index contributed by atoms with van der Waals surface area (Å²) in [6.45, 7) is 0. The average Bonchev–Trinajstić information content (AvgIpc) is 2.69. The fourth-order valence-corrected chi connectivity index (χ4v) is 3.61. The monoisotopic (exact) mass is 359 g/mol. The lowest BCUT2D eigenvalue weighted by Gasteiger charge is -2.28. The van der Waals surface area contributed by atoms with Crippen LogP contribution >= 0.6 is 0 Å². The van der Waals surface area contributed by atoms with Crippen molar-refractivity contribution in [2.45, 2.75) is 31.7 Å². The Bertz CT molecular complexity index is 958. The van der Waals surface area contributed by atoms with Crippen molar-refractivity contribution in [3.63, 3.8) is 0 Å². The number of aromatic nitrogens is 3. The molecule has 2 heterocycles. The van der Waals surface area contributed by atoms with E-state index in [0.29, 0.717) is 12.0 Å². The van der Waals surface area contributed by atoms with Gasteiger partial charge in [-0.3, -0.25) is 19.7 Å². The number of primary amides is 1. The van der Waals surface area contributed by atoms with E-state index in [2.05, 4.69) is 44.5 Å². The normalized spacial score (nSPS) is 15.8. The van der Waals surface area contributed by atoms with Crippen LogP contribution in [0.2, 0.25) is 0 Å². The van der Waals surface area contributed by atoms with Gasteiger partial charge in [0.25, 0.3) is 5.91 Å². The molecule has 1 atom stereocenters. The van der Waals surface area contributed by atoms with E-state index >= 15 is 0 Å². The van der Waals surface area contributed by atoms with Crippen LogP contribution < -0.4 is 11.1 Å². The minimum Gasteiger partial charge on any atom is -0.377 e. The van der Waals surface area contributed by atoms with Crippen LogP contribution in [0.25, 0.3) is 0 Å². The Hall–Kier alpha value is -3.28. The van der Waals surface area contributed by atoms with E-state index in [4.69, 9.17) is 5.73 Å². The summed E-state index contributed by atoms with van der Waals surface area (Å²) in [7, 11) is 0. The molecule has 6 heteroatoms. The average molecular weight is 359 g/mol. The van der Waals surface area contributed by atoms with Crippen molar-refractivity contribution in [2.24, 2.45) is 5.73 Å². The Morgan fingerprint density at radius 1 is 1.15 bits per heavy atom. The number of hydrogen-bond acceptors (Lipinski definition) is 5. The number of hydrogen-bond donors (Lipinski definition) is 2. The SMILES string of the molecule is NC(=O)c1cnc(Cc2cnccn2)cc1NC1CCCc2ccccc21. The summed E-state index contributed by atoms with van der Waals surface area (Å²) in [6, 6.07) is 10.5. The molecule has 0 aliphatic heterocycles. The third-order valence-corrected chi connectivity index (χ3v) is 4.90. The van der Waals surface area contributed by atoms with Crippen LogP contribution in [-0.4, -0.2) is 20.9 Å². The number of nitrogens with zero attached hydrogens (tertiary/aromatic N) is 3. The van der Waals surface area contributed by atoms with Crippen molar-refractivity contribution < 1.29 is 4.79 Å². The summed E-state index contributed by atoms with van der Waals surface area (Å²) in [5.41, 5.74) is 11.0. The second-order valence-corrected chi connectivity index (χ2v) is 6.75. The highest BCUT2D eigenvalue weighted by Crippen LogP contribution is 2.33. The molecule has 6 nitrogen and oxygen atoms in total. The van der Waals surface area contributed by atoms with Gasteiger partial charge in [-0.2, -0.15) is 0 Å². The molecule has 1 unspecified atom stereocenters. The highest BCUT2D eigenvalue weighted by molar-refractivity contribution is 5.98. The quantitative estimate of drug-likeness (QED) is 0.730. The number of aryl methyl sites for hydroxylation is 1. The third kappa shape index (κ3) is 3.79. The molecule has 2 aromatic heterocycles. The number of benzene rings is 1. The fraction of sp³-hybridized carbons (Fsp3) is 0.238. The molecule has 0 saturated heterocycles. The molecular weight excluding hydrogens is 338 g/mol. The number of nitrogens with two attached hydrogens (primary N) is 1. The van der Waals surface area contributed by atoms with Gasteiger partial charge in [0.15, 0.2) is 0 Å². The minimum atomic E-state index is -0.486. The Morgan fingerprint density at radius 2 is 2.04 bits per heavy atom. The molecule has 0 saturated carbocycles. The number of fused-ring (bicyclic) bond motifs is 1. The van der Waals surface area contributed by atoms with Gasteiger partial charge in [-0.25, -0.2) is 0 Å². The van der Waals surface area contributed by atoms with Crippen molar-refractivity contribution >= 4 is 11.6 Å². The van der Waals surface area contributed by atoms with E-state index in [0.717, 1.165) is 36.3 Å². The maximum Gasteiger partial charge on any atom is 0.252 e. The molecule has 4 rings (SSSR count). The molecule has 1 aliphatic rings. The highest BCUT2D eigenvalue weighted by atomic mass is 16.1. The zero-order valence-electron chi connectivity index (χ0n) is 14.9. The van der Waals surface area contributed by atoms with Gasteiger partial charge in [0.05, 0.1) is 23.0 Å². The van der Waals surface area contributed by atoms with Gasteiger partial charge in [-0.15, -0.1) is 0 Å². The molecule has 0 radical (unpaired) electrons. The smallest absolute Gasteiger partial charge is 0.252 e. The molecule has 3 aromatic rings. The van der Waals surface area contributed by atoms with Crippen molar-refractivity contribution in [1.82, 2.24) is 15.0 Å². The van der Waals surface area contributed by atoms with Crippen molar-refractivity contribution in [1.29, 1.82) is 0 Å². The lowest BCUT2D eigenvalue weighted by molar-refractivity contribution is 0.100. The molecule has 0 spiro atoms. The molecule has 0 bridgehead atoms. The first-order valence-corrected chi connectivity index (χ1v) is 9.08. The number of pyridine rings is 1. The second kappa shape index (κ2) is 7.53. The predicted molar refractivity (Wildman–Crippen MR) is 103 cm³/mol. The van der Waals surface area contributed by atoms with Gasteiger partial charge in [0, 0.05) is 36.9 Å². The second-order valence-electron chi connectivity index (χ2n) is 6.75. The van der Waals surface area contributed by atoms with Crippen LogP contribution in [0.15, 0.2) is 55.1 Å². The lowest BCUT2D eigenvalue weighted by atomic mass is 9.87. The maximum absolute atomic E-state index is 11.9. The number of nitrogens with one attached hydrogen (secondary N) is 1. The number of carbonyl (C=O) groups is 1. The van der Waals surface area contributed by atoms with Gasteiger partial charge < -0.3 is 11.1 Å². The minimum absolute atomic E-state index is 0.153. The molecule has 27 heavy (non-hydrogen) atoms. The van der Waals surface area contributed by atoms with Crippen LogP contribution in [0.5, 0.6) is 0 Å². The van der Waals surface area contributed by atoms with Gasteiger partial charge in [-0.1, -0.05) is 24.3 Å². The predicted octanol–water partition coefficient (Wildman–Crippen LogP) is 3.05. The zero-order valence-corrected chi connectivity index (χ0v) is 14.9. The molecule has 3 N–H and O–H groups in total. The largest absolute Gasteiger partial charge is 0.377 e. The number of anilines is 1. The number of rotatable bonds is 5. The maximum atomic E-state index is 11.9. The van der Waals surface area contributed by atoms with Gasteiger partial charge >= 0.3 is 0 Å². The summed E-state index contributed by atoms with van der Waals surface area (Å²) in [6.07, 6.45) is 10.3. The number of carbonyl (C=O) groups excluding carboxylic acids is 1. The van der Waals surface area contributed by atoms with E-state index in [1.165, 1.54) is 11.1 Å². The Morgan fingerprint density at radius 3 is 2.85 bits per heavy atom. The fourth-order valence-electron chi connectivity index (χ4n) is 3.61. The standard InChI is InChI=1S/C21H21N5O/c22-21(27)18-13-25-15(10-16-12-23-8-9-24-16)11-20(18)26-19-7-3-5-14-4-1-2-6-17(14)19/h1-2,4,6,8-9,11-13,19H,3,5,7,10H2,(H2,22,27)(H,25,26). The van der Waals surface area contributed by atoms with Crippen LogP contribution in [0.3, 0.4) is 0 Å². The highest BCUT2D eigenvalue weighted by Gasteiger charge is 2.21. The van der Waals surface area contributed by atoms with E-state index in [1.54, 1.807) is 24.8 Å². The molecule has 1 aliphatic carbocycles. The van der Waals surface area contributed by atoms with Crippen LogP contribution in [0, 0.1) is 0 Å². The topological polar surface area (TPSA) is 93.8 Å². The van der Waals surface area contributed by atoms with Gasteiger partial charge in [0.1, 0.15) is 0 Å². The first-order chi connectivity index (χ1) is 13.2. The van der Waals surface area contributed by atoms with Gasteiger partial charge in [0.2, 0.25) is 0 Å². The first kappa shape index (κ1) is 17.1. The van der Waals surface area contributed by atoms with E-state index in [1.807, 2.05) is 6.07 Å². The zero-order chi connectivity index (χ0) is 18.6. The summed E-state index contributed by atoms with van der Waals surface area (Å²) < 4.78 is 0. The summed E-state index contributed by atoms with van der Waals surface area (Å²) in [4.78, 5) is 24.7. The Labute approximate surface area is 157 Å². The summed E-state index contributed by atoms with van der Waals surface area (Å²) in [5, 5.41) is 3.54. The third-order valence-electron chi connectivity index (χ3n) is 4.90.